The first-order valence-corrected chi connectivity index (χ1v) is 9.85. The predicted octanol–water partition coefficient (Wildman–Crippen LogP) is 1.70. The number of benzene rings is 1. The van der Waals surface area contributed by atoms with E-state index in [4.69, 9.17) is 5.11 Å². The summed E-state index contributed by atoms with van der Waals surface area (Å²) in [6, 6.07) is 7.22. The topological polar surface area (TPSA) is 137 Å². The number of aromatic nitrogens is 3. The summed E-state index contributed by atoms with van der Waals surface area (Å²) in [5, 5.41) is 14.4. The number of nitrogens with zero attached hydrogens (tertiary/aromatic N) is 3. The Morgan fingerprint density at radius 1 is 1.16 bits per heavy atom. The normalized spacial score (nSPS) is 14.5. The summed E-state index contributed by atoms with van der Waals surface area (Å²) in [6.45, 7) is 2.75. The van der Waals surface area contributed by atoms with Gasteiger partial charge in [0.1, 0.15) is 5.56 Å². The molecule has 0 bridgehead atoms. The van der Waals surface area contributed by atoms with Gasteiger partial charge in [-0.05, 0) is 37.1 Å². The van der Waals surface area contributed by atoms with Gasteiger partial charge in [0.15, 0.2) is 5.65 Å². The summed E-state index contributed by atoms with van der Waals surface area (Å²) in [5.74, 6) is -1.47. The Labute approximate surface area is 176 Å². The summed E-state index contributed by atoms with van der Waals surface area (Å²) in [4.78, 5) is 54.2. The second kappa shape index (κ2) is 8.05. The maximum absolute atomic E-state index is 12.8. The second-order valence-electron chi connectivity index (χ2n) is 7.48. The quantitative estimate of drug-likeness (QED) is 0.584. The van der Waals surface area contributed by atoms with Gasteiger partial charge in [-0.2, -0.15) is 0 Å². The fraction of sp³-hybridized carbons (Fsp3) is 0.286. The Morgan fingerprint density at radius 2 is 1.84 bits per heavy atom. The molecule has 1 fully saturated rings. The van der Waals surface area contributed by atoms with Gasteiger partial charge in [-0.1, -0.05) is 0 Å². The number of likely N-dealkylation sites (tertiary alicyclic amines) is 1. The molecular weight excluding hydrogens is 402 g/mol. The number of carboxylic acid groups (broad SMARTS) is 1. The van der Waals surface area contributed by atoms with Crippen LogP contribution in [0.4, 0.5) is 5.69 Å². The molecule has 2 aromatic heterocycles. The number of carbonyl (C=O) groups excluding carboxylic acids is 2. The number of nitrogens with one attached hydrogen (secondary N) is 2. The van der Waals surface area contributed by atoms with Crippen LogP contribution in [0.1, 0.15) is 52.1 Å². The van der Waals surface area contributed by atoms with E-state index < -0.39 is 11.9 Å². The number of aromatic amines is 1. The first kappa shape index (κ1) is 20.3. The van der Waals surface area contributed by atoms with Gasteiger partial charge in [-0.25, -0.2) is 14.3 Å². The molecule has 1 saturated heterocycles. The average Bonchev–Trinajstić information content (AvgIpc) is 3.19. The molecule has 4 rings (SSSR count). The largest absolute Gasteiger partial charge is 0.478 e. The molecule has 10 heteroatoms. The van der Waals surface area contributed by atoms with E-state index in [1.54, 1.807) is 4.90 Å². The molecule has 1 aliphatic heterocycles. The summed E-state index contributed by atoms with van der Waals surface area (Å²) >= 11 is 0. The molecule has 3 aromatic rings. The van der Waals surface area contributed by atoms with Crippen molar-refractivity contribution in [2.45, 2.75) is 25.7 Å². The average molecular weight is 423 g/mol. The summed E-state index contributed by atoms with van der Waals surface area (Å²) in [6.07, 6.45) is 2.81. The highest BCUT2D eigenvalue weighted by Gasteiger charge is 2.25. The molecule has 0 unspecified atom stereocenters. The van der Waals surface area contributed by atoms with E-state index in [-0.39, 0.29) is 34.2 Å². The lowest BCUT2D eigenvalue weighted by atomic mass is 9.93. The highest BCUT2D eigenvalue weighted by molar-refractivity contribution is 6.08. The molecule has 1 aliphatic rings. The summed E-state index contributed by atoms with van der Waals surface area (Å²) in [5.41, 5.74) is 1.23. The third kappa shape index (κ3) is 4.04. The number of anilines is 1. The zero-order valence-electron chi connectivity index (χ0n) is 16.8. The molecule has 2 amide bonds. The van der Waals surface area contributed by atoms with Crippen LogP contribution in [0.3, 0.4) is 0 Å². The lowest BCUT2D eigenvalue weighted by Crippen LogP contribution is -2.36. The van der Waals surface area contributed by atoms with Crippen molar-refractivity contribution in [1.82, 2.24) is 19.5 Å². The number of carbonyl (C=O) groups is 3. The van der Waals surface area contributed by atoms with Gasteiger partial charge in [-0.15, -0.1) is 0 Å². The number of aromatic carboxylic acids is 1. The molecule has 3 N–H and O–H groups in total. The van der Waals surface area contributed by atoms with E-state index >= 15 is 0 Å². The fourth-order valence-electron chi connectivity index (χ4n) is 3.76. The van der Waals surface area contributed by atoms with Gasteiger partial charge in [0.25, 0.3) is 11.5 Å². The van der Waals surface area contributed by atoms with Crippen LogP contribution < -0.4 is 10.9 Å². The minimum atomic E-state index is -1.06. The molecule has 0 spiro atoms. The van der Waals surface area contributed by atoms with Crippen molar-refractivity contribution >= 4 is 29.1 Å². The second-order valence-corrected chi connectivity index (χ2v) is 7.48. The molecule has 0 aliphatic carbocycles. The molecule has 0 saturated carbocycles. The SMILES string of the molecule is CC(=O)N1CCC(c2cc(=O)n3[nH]cc(C(=O)Nc4ccc(C(=O)O)cc4)c3n2)CC1. The number of amides is 2. The number of hydrogen-bond donors (Lipinski definition) is 3. The van der Waals surface area contributed by atoms with Crippen LogP contribution in [0.5, 0.6) is 0 Å². The fourth-order valence-corrected chi connectivity index (χ4v) is 3.76. The van der Waals surface area contributed by atoms with E-state index in [1.165, 1.54) is 48.0 Å². The Kier molecular flexibility index (Phi) is 5.28. The highest BCUT2D eigenvalue weighted by Crippen LogP contribution is 2.26. The van der Waals surface area contributed by atoms with E-state index in [9.17, 15) is 19.2 Å². The van der Waals surface area contributed by atoms with E-state index in [1.807, 2.05) is 0 Å². The zero-order chi connectivity index (χ0) is 22.1. The third-order valence-corrected chi connectivity index (χ3v) is 5.51. The van der Waals surface area contributed by atoms with Crippen molar-refractivity contribution in [2.75, 3.05) is 18.4 Å². The van der Waals surface area contributed by atoms with Gasteiger partial charge in [-0.3, -0.25) is 19.5 Å². The number of carboxylic acids is 1. The molecule has 10 nitrogen and oxygen atoms in total. The van der Waals surface area contributed by atoms with Crippen LogP contribution in [-0.4, -0.2) is 55.5 Å². The molecule has 3 heterocycles. The van der Waals surface area contributed by atoms with Gasteiger partial charge in [0.2, 0.25) is 5.91 Å². The molecule has 1 aromatic carbocycles. The Morgan fingerprint density at radius 3 is 2.45 bits per heavy atom. The number of H-pyrrole nitrogens is 1. The summed E-state index contributed by atoms with van der Waals surface area (Å²) in [7, 11) is 0. The van der Waals surface area contributed by atoms with Crippen LogP contribution in [-0.2, 0) is 4.79 Å². The highest BCUT2D eigenvalue weighted by atomic mass is 16.4. The smallest absolute Gasteiger partial charge is 0.335 e. The Balaban J connectivity index is 1.59. The van der Waals surface area contributed by atoms with Crippen molar-refractivity contribution in [3.8, 4) is 0 Å². The lowest BCUT2D eigenvalue weighted by Gasteiger charge is -2.30. The van der Waals surface area contributed by atoms with Crippen LogP contribution in [0.2, 0.25) is 0 Å². The van der Waals surface area contributed by atoms with Crippen LogP contribution in [0.25, 0.3) is 5.65 Å². The number of fused-ring (bicyclic) bond motifs is 1. The molecular formula is C21H21N5O5. The number of rotatable bonds is 4. The lowest BCUT2D eigenvalue weighted by molar-refractivity contribution is -0.129. The molecule has 0 atom stereocenters. The first-order chi connectivity index (χ1) is 14.8. The van der Waals surface area contributed by atoms with Crippen molar-refractivity contribution in [3.05, 3.63) is 63.7 Å². The van der Waals surface area contributed by atoms with Crippen molar-refractivity contribution in [2.24, 2.45) is 0 Å². The molecule has 0 radical (unpaired) electrons. The maximum Gasteiger partial charge on any atom is 0.335 e. The zero-order valence-corrected chi connectivity index (χ0v) is 16.8. The van der Waals surface area contributed by atoms with E-state index in [0.717, 1.165) is 0 Å². The Hall–Kier alpha value is -3.95. The summed E-state index contributed by atoms with van der Waals surface area (Å²) < 4.78 is 1.20. The molecule has 31 heavy (non-hydrogen) atoms. The first-order valence-electron chi connectivity index (χ1n) is 9.85. The minimum Gasteiger partial charge on any atom is -0.478 e. The maximum atomic E-state index is 12.8. The van der Waals surface area contributed by atoms with E-state index in [0.29, 0.717) is 37.3 Å². The van der Waals surface area contributed by atoms with Gasteiger partial charge >= 0.3 is 5.97 Å². The van der Waals surface area contributed by atoms with Crippen LogP contribution in [0.15, 0.2) is 41.3 Å². The van der Waals surface area contributed by atoms with Gasteiger partial charge < -0.3 is 15.3 Å². The predicted molar refractivity (Wildman–Crippen MR) is 111 cm³/mol. The van der Waals surface area contributed by atoms with Crippen molar-refractivity contribution in [3.63, 3.8) is 0 Å². The van der Waals surface area contributed by atoms with Gasteiger partial charge in [0, 0.05) is 43.9 Å². The minimum absolute atomic E-state index is 0.0303. The monoisotopic (exact) mass is 423 g/mol. The van der Waals surface area contributed by atoms with Crippen molar-refractivity contribution < 1.29 is 19.5 Å². The van der Waals surface area contributed by atoms with E-state index in [2.05, 4.69) is 15.4 Å². The van der Waals surface area contributed by atoms with Crippen molar-refractivity contribution in [1.29, 1.82) is 0 Å². The molecule has 160 valence electrons. The number of piperidine rings is 1. The van der Waals surface area contributed by atoms with Gasteiger partial charge in [0.05, 0.1) is 11.3 Å². The standard InChI is InChI=1S/C21H21N5O5/c1-12(27)25-8-6-13(7-9-25)17-10-18(28)26-19(24-17)16(11-22-26)20(29)23-15-4-2-14(3-5-15)21(30)31/h2-5,10-11,13,22H,6-9H2,1H3,(H,23,29)(H,30,31). The number of hydrogen-bond acceptors (Lipinski definition) is 5. The Bertz CT molecular complexity index is 1220. The van der Waals surface area contributed by atoms with Crippen LogP contribution in [0, 0.1) is 0 Å². The third-order valence-electron chi connectivity index (χ3n) is 5.51. The van der Waals surface area contributed by atoms with Crippen LogP contribution >= 0.6 is 0 Å².